The zero-order chi connectivity index (χ0) is 13.8. The van der Waals surface area contributed by atoms with Crippen LogP contribution in [0.1, 0.15) is 39.5 Å². The lowest BCUT2D eigenvalue weighted by Gasteiger charge is -2.06. The Hall–Kier alpha value is -1.59. The van der Waals surface area contributed by atoms with E-state index in [-0.39, 0.29) is 24.1 Å². The summed E-state index contributed by atoms with van der Waals surface area (Å²) in [7, 11) is 0. The van der Waals surface area contributed by atoms with Crippen molar-refractivity contribution >= 4 is 17.7 Å². The van der Waals surface area contributed by atoms with Crippen LogP contribution in [0.4, 0.5) is 0 Å². The van der Waals surface area contributed by atoms with Gasteiger partial charge in [-0.25, -0.2) is 0 Å². The molecular weight excluding hydrogens is 234 g/mol. The third-order valence-electron chi connectivity index (χ3n) is 2.22. The highest BCUT2D eigenvalue weighted by atomic mass is 16.2. The van der Waals surface area contributed by atoms with E-state index in [2.05, 4.69) is 16.0 Å². The fourth-order valence-corrected chi connectivity index (χ4v) is 1.26. The average molecular weight is 257 g/mol. The second kappa shape index (κ2) is 10.6. The summed E-state index contributed by atoms with van der Waals surface area (Å²) in [6.45, 7) is 5.08. The molecule has 0 aromatic carbocycles. The fraction of sp³-hybridized carbons (Fsp3) is 0.750. The summed E-state index contributed by atoms with van der Waals surface area (Å²) in [5, 5.41) is 7.93. The molecule has 0 radical (unpaired) electrons. The van der Waals surface area contributed by atoms with Crippen LogP contribution < -0.4 is 16.0 Å². The van der Waals surface area contributed by atoms with Gasteiger partial charge in [0.25, 0.3) is 0 Å². The van der Waals surface area contributed by atoms with E-state index in [1.165, 1.54) is 6.92 Å². The van der Waals surface area contributed by atoms with Crippen molar-refractivity contribution in [3.05, 3.63) is 0 Å². The minimum Gasteiger partial charge on any atom is -0.356 e. The van der Waals surface area contributed by atoms with Gasteiger partial charge in [-0.15, -0.1) is 0 Å². The van der Waals surface area contributed by atoms with Gasteiger partial charge in [-0.1, -0.05) is 13.3 Å². The maximum absolute atomic E-state index is 11.3. The topological polar surface area (TPSA) is 87.3 Å². The summed E-state index contributed by atoms with van der Waals surface area (Å²) in [5.74, 6) is -0.619. The molecule has 0 fully saturated rings. The Balaban J connectivity index is 3.46. The molecule has 0 saturated carbocycles. The Morgan fingerprint density at radius 3 is 1.83 bits per heavy atom. The van der Waals surface area contributed by atoms with E-state index >= 15 is 0 Å². The number of carbonyl (C=O) groups excluding carboxylic acids is 3. The minimum absolute atomic E-state index is 0.0865. The number of hydrogen-bond donors (Lipinski definition) is 3. The largest absolute Gasteiger partial charge is 0.356 e. The molecule has 0 rings (SSSR count). The Kier molecular flexibility index (Phi) is 9.62. The van der Waals surface area contributed by atoms with Gasteiger partial charge in [0.2, 0.25) is 17.7 Å². The van der Waals surface area contributed by atoms with Crippen molar-refractivity contribution in [1.29, 1.82) is 0 Å². The average Bonchev–Trinajstić information content (AvgIpc) is 2.28. The molecule has 0 bridgehead atoms. The molecule has 104 valence electrons. The lowest BCUT2D eigenvalue weighted by Crippen LogP contribution is -2.33. The van der Waals surface area contributed by atoms with Crippen LogP contribution in [0.15, 0.2) is 0 Å². The van der Waals surface area contributed by atoms with Gasteiger partial charge in [-0.05, 0) is 12.8 Å². The third kappa shape index (κ3) is 10.9. The maximum Gasteiger partial charge on any atom is 0.229 e. The molecule has 0 aromatic rings. The molecule has 0 aliphatic heterocycles. The first-order valence-corrected chi connectivity index (χ1v) is 6.34. The fourth-order valence-electron chi connectivity index (χ4n) is 1.26. The molecule has 0 atom stereocenters. The Labute approximate surface area is 108 Å². The van der Waals surface area contributed by atoms with Crippen molar-refractivity contribution in [3.63, 3.8) is 0 Å². The summed E-state index contributed by atoms with van der Waals surface area (Å²) in [4.78, 5) is 33.2. The highest BCUT2D eigenvalue weighted by molar-refractivity contribution is 5.96. The van der Waals surface area contributed by atoms with Crippen LogP contribution >= 0.6 is 0 Å². The van der Waals surface area contributed by atoms with Crippen LogP contribution in [0, 0.1) is 0 Å². The first kappa shape index (κ1) is 16.4. The summed E-state index contributed by atoms with van der Waals surface area (Å²) >= 11 is 0. The normalized spacial score (nSPS) is 9.67. The Bertz CT molecular complexity index is 280. The Morgan fingerprint density at radius 2 is 1.33 bits per heavy atom. The van der Waals surface area contributed by atoms with E-state index < -0.39 is 0 Å². The molecule has 18 heavy (non-hydrogen) atoms. The number of amides is 3. The number of nitrogens with one attached hydrogen (secondary N) is 3. The number of hydrogen-bond acceptors (Lipinski definition) is 3. The Morgan fingerprint density at radius 1 is 0.833 bits per heavy atom. The van der Waals surface area contributed by atoms with E-state index in [1.807, 2.05) is 6.92 Å². The molecule has 0 heterocycles. The van der Waals surface area contributed by atoms with E-state index in [0.29, 0.717) is 26.1 Å². The van der Waals surface area contributed by atoms with Crippen molar-refractivity contribution < 1.29 is 14.4 Å². The molecule has 0 unspecified atom stereocenters. The van der Waals surface area contributed by atoms with Crippen LogP contribution in [-0.2, 0) is 14.4 Å². The first-order chi connectivity index (χ1) is 8.56. The highest BCUT2D eigenvalue weighted by Crippen LogP contribution is 1.85. The second-order valence-electron chi connectivity index (χ2n) is 4.07. The van der Waals surface area contributed by atoms with Gasteiger partial charge < -0.3 is 16.0 Å². The summed E-state index contributed by atoms with van der Waals surface area (Å²) in [5.41, 5.74) is 0. The van der Waals surface area contributed by atoms with Gasteiger partial charge in [0.1, 0.15) is 6.42 Å². The van der Waals surface area contributed by atoms with E-state index in [4.69, 9.17) is 0 Å². The first-order valence-electron chi connectivity index (χ1n) is 6.34. The lowest BCUT2D eigenvalue weighted by atomic mass is 10.3. The SMILES string of the molecule is CCCCNC(=O)CC(=O)NCCCNC(C)=O. The molecule has 6 heteroatoms. The van der Waals surface area contributed by atoms with Gasteiger partial charge in [-0.3, -0.25) is 14.4 Å². The standard InChI is InChI=1S/C12H23N3O3/c1-3-4-6-14-11(17)9-12(18)15-8-5-7-13-10(2)16/h3-9H2,1-2H3,(H,13,16)(H,14,17)(H,15,18). The molecule has 0 aromatic heterocycles. The zero-order valence-electron chi connectivity index (χ0n) is 11.2. The van der Waals surface area contributed by atoms with E-state index in [1.54, 1.807) is 0 Å². The van der Waals surface area contributed by atoms with Crippen molar-refractivity contribution in [2.24, 2.45) is 0 Å². The van der Waals surface area contributed by atoms with Crippen LogP contribution in [0.5, 0.6) is 0 Å². The van der Waals surface area contributed by atoms with E-state index in [9.17, 15) is 14.4 Å². The second-order valence-corrected chi connectivity index (χ2v) is 4.07. The number of unbranched alkanes of at least 4 members (excludes halogenated alkanes) is 1. The molecular formula is C12H23N3O3. The highest BCUT2D eigenvalue weighted by Gasteiger charge is 2.07. The number of carbonyl (C=O) groups is 3. The van der Waals surface area contributed by atoms with Crippen molar-refractivity contribution in [3.8, 4) is 0 Å². The van der Waals surface area contributed by atoms with Crippen LogP contribution in [0.2, 0.25) is 0 Å². The monoisotopic (exact) mass is 257 g/mol. The van der Waals surface area contributed by atoms with E-state index in [0.717, 1.165) is 12.8 Å². The molecule has 0 spiro atoms. The van der Waals surface area contributed by atoms with Crippen LogP contribution in [-0.4, -0.2) is 37.4 Å². The summed E-state index contributed by atoms with van der Waals surface area (Å²) < 4.78 is 0. The summed E-state index contributed by atoms with van der Waals surface area (Å²) in [6.07, 6.45) is 2.45. The summed E-state index contributed by atoms with van der Waals surface area (Å²) in [6, 6.07) is 0. The van der Waals surface area contributed by atoms with Crippen LogP contribution in [0.3, 0.4) is 0 Å². The van der Waals surface area contributed by atoms with Gasteiger partial charge in [0, 0.05) is 26.6 Å². The van der Waals surface area contributed by atoms with Gasteiger partial charge in [0.05, 0.1) is 0 Å². The zero-order valence-corrected chi connectivity index (χ0v) is 11.2. The molecule has 3 amide bonds. The molecule has 3 N–H and O–H groups in total. The predicted molar refractivity (Wildman–Crippen MR) is 68.8 cm³/mol. The van der Waals surface area contributed by atoms with Gasteiger partial charge >= 0.3 is 0 Å². The van der Waals surface area contributed by atoms with Crippen molar-refractivity contribution in [1.82, 2.24) is 16.0 Å². The number of rotatable bonds is 9. The van der Waals surface area contributed by atoms with Gasteiger partial charge in [0.15, 0.2) is 0 Å². The third-order valence-corrected chi connectivity index (χ3v) is 2.22. The quantitative estimate of drug-likeness (QED) is 0.399. The molecule has 0 aliphatic rings. The maximum atomic E-state index is 11.3. The lowest BCUT2D eigenvalue weighted by molar-refractivity contribution is -0.129. The minimum atomic E-state index is -0.285. The van der Waals surface area contributed by atoms with Crippen LogP contribution in [0.25, 0.3) is 0 Å². The van der Waals surface area contributed by atoms with Crippen molar-refractivity contribution in [2.75, 3.05) is 19.6 Å². The van der Waals surface area contributed by atoms with Gasteiger partial charge in [-0.2, -0.15) is 0 Å². The molecule has 0 saturated heterocycles. The van der Waals surface area contributed by atoms with Crippen molar-refractivity contribution in [2.45, 2.75) is 39.5 Å². The smallest absolute Gasteiger partial charge is 0.229 e. The molecule has 0 aliphatic carbocycles. The molecule has 6 nitrogen and oxygen atoms in total. The predicted octanol–water partition coefficient (Wildman–Crippen LogP) is -0.0648.